The molecule has 1 N–H and O–H groups in total. The molecule has 3 heterocycles. The summed E-state index contributed by atoms with van der Waals surface area (Å²) in [7, 11) is -3.52. The monoisotopic (exact) mass is 805 g/mol. The fourth-order valence-corrected chi connectivity index (χ4v) is 11.9. The van der Waals surface area contributed by atoms with Crippen molar-refractivity contribution in [2.75, 3.05) is 23.0 Å². The van der Waals surface area contributed by atoms with Crippen LogP contribution in [0.25, 0.3) is 10.8 Å². The SMILES string of the molecule is C[C@H]1[C@H]([Si](C)(C)F)[C@@H](CC(=O)N(CCO)Cc2ccccc2)O[C@]12C(=O)N(Cc1ccc(N3C(=O)c4cccc5cccc3c45)cc1)c1ccc(Br)cc12. The number of rotatable bonds is 10. The Bertz CT molecular complexity index is 2280. The Kier molecular flexibility index (Phi) is 9.32. The van der Waals surface area contributed by atoms with Crippen LogP contribution < -0.4 is 9.80 Å². The van der Waals surface area contributed by atoms with E-state index < -0.39 is 31.6 Å². The van der Waals surface area contributed by atoms with Gasteiger partial charge in [-0.1, -0.05) is 89.6 Å². The summed E-state index contributed by atoms with van der Waals surface area (Å²) in [6.07, 6.45) is -0.966. The van der Waals surface area contributed by atoms with Gasteiger partial charge in [0.25, 0.3) is 11.8 Å². The van der Waals surface area contributed by atoms with E-state index in [9.17, 15) is 19.5 Å². The van der Waals surface area contributed by atoms with Crippen molar-refractivity contribution in [2.24, 2.45) is 5.92 Å². The van der Waals surface area contributed by atoms with Crippen LogP contribution in [0.5, 0.6) is 0 Å². The minimum Gasteiger partial charge on any atom is -0.395 e. The first-order valence-corrected chi connectivity index (χ1v) is 22.0. The van der Waals surface area contributed by atoms with E-state index in [1.165, 1.54) is 0 Å². The van der Waals surface area contributed by atoms with Crippen molar-refractivity contribution in [2.45, 2.75) is 56.8 Å². The largest absolute Gasteiger partial charge is 0.395 e. The number of anilines is 3. The summed E-state index contributed by atoms with van der Waals surface area (Å²) in [5, 5.41) is 11.8. The smallest absolute Gasteiger partial charge is 0.264 e. The number of hydrogen-bond donors (Lipinski definition) is 1. The molecule has 3 amide bonds. The van der Waals surface area contributed by atoms with Crippen LogP contribution in [0.1, 0.15) is 40.4 Å². The number of benzene rings is 5. The first-order chi connectivity index (χ1) is 25.9. The molecule has 3 aliphatic heterocycles. The molecule has 54 heavy (non-hydrogen) atoms. The fraction of sp³-hybridized carbons (Fsp3) is 0.279. The molecular formula is C43H41BrFN3O5Si. The molecule has 0 bridgehead atoms. The number of aliphatic hydroxyl groups is 1. The second-order valence-corrected chi connectivity index (χ2v) is 19.8. The molecule has 1 fully saturated rings. The van der Waals surface area contributed by atoms with E-state index in [1.807, 2.05) is 116 Å². The topological polar surface area (TPSA) is 90.4 Å². The molecule has 4 atom stereocenters. The number of ether oxygens (including phenoxy) is 1. The molecule has 8 rings (SSSR count). The van der Waals surface area contributed by atoms with E-state index in [4.69, 9.17) is 4.74 Å². The second-order valence-electron chi connectivity index (χ2n) is 15.0. The average molecular weight is 807 g/mol. The van der Waals surface area contributed by atoms with Crippen LogP contribution in [0, 0.1) is 5.92 Å². The van der Waals surface area contributed by atoms with Gasteiger partial charge in [-0.05, 0) is 72.1 Å². The van der Waals surface area contributed by atoms with Gasteiger partial charge in [0.1, 0.15) is 0 Å². The standard InChI is InChI=1S/C43H41BrFN3O5Si/c1-27-40(54(2,3)45)37(24-38(50)46(21-22-49)25-28-9-5-4-6-10-28)53-43(27)34-23-31(44)17-20-35(34)47(42(43)52)26-29-15-18-32(19-16-29)48-36-14-8-12-30-11-7-13-33(39(30)36)41(48)51/h4-20,23,27,37,40,49H,21-22,24-26H2,1-3H3/t27-,37+,40-,43+/m0/s1. The van der Waals surface area contributed by atoms with Gasteiger partial charge in [-0.2, -0.15) is 0 Å². The molecule has 0 aliphatic carbocycles. The van der Waals surface area contributed by atoms with Gasteiger partial charge in [0.15, 0.2) is 5.60 Å². The van der Waals surface area contributed by atoms with Crippen LogP contribution in [-0.2, 0) is 33.0 Å². The zero-order valence-electron chi connectivity index (χ0n) is 30.3. The van der Waals surface area contributed by atoms with E-state index in [0.717, 1.165) is 37.7 Å². The minimum absolute atomic E-state index is 0.0837. The first kappa shape index (κ1) is 36.3. The number of halogens is 2. The van der Waals surface area contributed by atoms with Gasteiger partial charge in [0, 0.05) is 45.7 Å². The minimum atomic E-state index is -3.52. The predicted molar refractivity (Wildman–Crippen MR) is 214 cm³/mol. The Hall–Kier alpha value is -4.68. The molecule has 0 radical (unpaired) electrons. The zero-order chi connectivity index (χ0) is 37.9. The summed E-state index contributed by atoms with van der Waals surface area (Å²) in [5.41, 5.74) is 3.15. The van der Waals surface area contributed by atoms with Gasteiger partial charge in [0.2, 0.25) is 14.3 Å². The first-order valence-electron chi connectivity index (χ1n) is 18.3. The fourth-order valence-electron chi connectivity index (χ4n) is 9.00. The van der Waals surface area contributed by atoms with E-state index in [-0.39, 0.29) is 43.8 Å². The molecule has 3 aliphatic rings. The van der Waals surface area contributed by atoms with Gasteiger partial charge in [-0.3, -0.25) is 19.3 Å². The average Bonchev–Trinajstić information content (AvgIpc) is 3.70. The molecule has 5 aromatic rings. The zero-order valence-corrected chi connectivity index (χ0v) is 32.9. The highest BCUT2D eigenvalue weighted by molar-refractivity contribution is 9.10. The number of aliphatic hydroxyl groups excluding tert-OH is 1. The summed E-state index contributed by atoms with van der Waals surface area (Å²) < 4.78 is 24.1. The maximum atomic E-state index is 16.5. The number of amides is 3. The van der Waals surface area contributed by atoms with Crippen LogP contribution in [0.3, 0.4) is 0 Å². The van der Waals surface area contributed by atoms with E-state index in [0.29, 0.717) is 23.4 Å². The molecule has 1 saturated heterocycles. The lowest BCUT2D eigenvalue weighted by Crippen LogP contribution is -2.45. The summed E-state index contributed by atoms with van der Waals surface area (Å²) in [4.78, 5) is 47.4. The van der Waals surface area contributed by atoms with Crippen molar-refractivity contribution < 1.29 is 28.3 Å². The van der Waals surface area contributed by atoms with Crippen molar-refractivity contribution >= 4 is 69.9 Å². The third kappa shape index (κ3) is 5.98. The van der Waals surface area contributed by atoms with Crippen molar-refractivity contribution in [3.8, 4) is 0 Å². The summed E-state index contributed by atoms with van der Waals surface area (Å²) >= 11 is 3.60. The molecule has 5 aromatic carbocycles. The van der Waals surface area contributed by atoms with Crippen LogP contribution in [-0.4, -0.2) is 55.4 Å². The van der Waals surface area contributed by atoms with Gasteiger partial charge in [0.05, 0.1) is 42.6 Å². The predicted octanol–water partition coefficient (Wildman–Crippen LogP) is 8.63. The normalized spacial score (nSPS) is 21.8. The van der Waals surface area contributed by atoms with E-state index >= 15 is 4.11 Å². The second kappa shape index (κ2) is 13.9. The molecule has 0 unspecified atom stereocenters. The van der Waals surface area contributed by atoms with Gasteiger partial charge in [-0.25, -0.2) is 0 Å². The van der Waals surface area contributed by atoms with Crippen molar-refractivity contribution in [1.82, 2.24) is 4.90 Å². The van der Waals surface area contributed by atoms with E-state index in [1.54, 1.807) is 27.8 Å². The number of carbonyl (C=O) groups is 3. The van der Waals surface area contributed by atoms with Crippen molar-refractivity contribution in [3.63, 3.8) is 0 Å². The van der Waals surface area contributed by atoms with Gasteiger partial charge < -0.3 is 23.8 Å². The highest BCUT2D eigenvalue weighted by Gasteiger charge is 2.67. The number of fused-ring (bicyclic) bond motifs is 2. The Morgan fingerprint density at radius 3 is 2.35 bits per heavy atom. The van der Waals surface area contributed by atoms with Gasteiger partial charge >= 0.3 is 0 Å². The van der Waals surface area contributed by atoms with Crippen LogP contribution in [0.2, 0.25) is 18.6 Å². The van der Waals surface area contributed by atoms with Crippen molar-refractivity contribution in [1.29, 1.82) is 0 Å². The molecular weight excluding hydrogens is 765 g/mol. The molecule has 8 nitrogen and oxygen atoms in total. The third-order valence-corrected chi connectivity index (χ3v) is 14.3. The third-order valence-electron chi connectivity index (χ3n) is 11.3. The Morgan fingerprint density at radius 2 is 1.65 bits per heavy atom. The maximum Gasteiger partial charge on any atom is 0.264 e. The lowest BCUT2D eigenvalue weighted by Gasteiger charge is -2.31. The lowest BCUT2D eigenvalue weighted by atomic mass is 9.82. The number of nitrogens with zero attached hydrogens (tertiary/aromatic N) is 3. The molecule has 11 heteroatoms. The Balaban J connectivity index is 1.09. The number of carbonyl (C=O) groups excluding carboxylic acids is 3. The Morgan fingerprint density at radius 1 is 0.926 bits per heavy atom. The van der Waals surface area contributed by atoms with E-state index in [2.05, 4.69) is 15.9 Å². The molecule has 1 spiro atoms. The van der Waals surface area contributed by atoms with Gasteiger partial charge in [-0.15, -0.1) is 0 Å². The molecule has 0 aromatic heterocycles. The highest BCUT2D eigenvalue weighted by Crippen LogP contribution is 2.60. The lowest BCUT2D eigenvalue weighted by molar-refractivity contribution is -0.150. The van der Waals surface area contributed by atoms with Crippen LogP contribution >= 0.6 is 15.9 Å². The highest BCUT2D eigenvalue weighted by atomic mass is 79.9. The maximum absolute atomic E-state index is 16.5. The molecule has 0 saturated carbocycles. The summed E-state index contributed by atoms with van der Waals surface area (Å²) in [5.74, 6) is -1.21. The quantitative estimate of drug-likeness (QED) is 0.113. The Labute approximate surface area is 323 Å². The summed E-state index contributed by atoms with van der Waals surface area (Å²) in [6, 6.07) is 34.5. The van der Waals surface area contributed by atoms with Crippen LogP contribution in [0.15, 0.2) is 114 Å². The summed E-state index contributed by atoms with van der Waals surface area (Å²) in [6.45, 7) is 5.54. The molecule has 276 valence electrons. The van der Waals surface area contributed by atoms with Crippen LogP contribution in [0.4, 0.5) is 21.2 Å². The number of hydrogen-bond acceptors (Lipinski definition) is 5. The van der Waals surface area contributed by atoms with Crippen molar-refractivity contribution in [3.05, 3.63) is 136 Å².